The van der Waals surface area contributed by atoms with Crippen LogP contribution in [0.4, 0.5) is 26.3 Å². The summed E-state index contributed by atoms with van der Waals surface area (Å²) >= 11 is 1.31. The van der Waals surface area contributed by atoms with Gasteiger partial charge in [-0.1, -0.05) is 0 Å². The fourth-order valence-corrected chi connectivity index (χ4v) is 2.28. The molecule has 0 amide bonds. The fraction of sp³-hybridized carbons (Fsp3) is 0.364. The van der Waals surface area contributed by atoms with E-state index in [4.69, 9.17) is 0 Å². The van der Waals surface area contributed by atoms with Crippen molar-refractivity contribution in [2.24, 2.45) is 0 Å². The average Bonchev–Trinajstić information content (AvgIpc) is 2.11. The van der Waals surface area contributed by atoms with Gasteiger partial charge in [0.05, 0.1) is 11.1 Å². The van der Waals surface area contributed by atoms with Crippen molar-refractivity contribution in [1.82, 2.24) is 0 Å². The Bertz CT molecular complexity index is 412. The van der Waals surface area contributed by atoms with E-state index >= 15 is 0 Å². The normalized spacial score (nSPS) is 20.7. The highest BCUT2D eigenvalue weighted by atomic mass is 32.2. The van der Waals surface area contributed by atoms with Crippen LogP contribution in [0, 0.1) is 6.42 Å². The Morgan fingerprint density at radius 1 is 0.889 bits per heavy atom. The summed E-state index contributed by atoms with van der Waals surface area (Å²) in [6.45, 7) is 0. The molecule has 0 aromatic heterocycles. The van der Waals surface area contributed by atoms with E-state index in [1.165, 1.54) is 11.8 Å². The zero-order chi connectivity index (χ0) is 13.6. The molecular weight excluding hydrogens is 278 g/mol. The average molecular weight is 285 g/mol. The highest BCUT2D eigenvalue weighted by Gasteiger charge is 2.38. The molecule has 2 rings (SSSR count). The maximum absolute atomic E-state index is 12.5. The lowest BCUT2D eigenvalue weighted by Crippen LogP contribution is -2.15. The molecule has 99 valence electrons. The van der Waals surface area contributed by atoms with Gasteiger partial charge in [0.25, 0.3) is 0 Å². The number of thioether (sulfide) groups is 1. The van der Waals surface area contributed by atoms with Crippen LogP contribution >= 0.6 is 11.8 Å². The summed E-state index contributed by atoms with van der Waals surface area (Å²) in [6.07, 6.45) is -7.87. The van der Waals surface area contributed by atoms with Crippen LogP contribution in [0.3, 0.4) is 0 Å². The summed E-state index contributed by atoms with van der Waals surface area (Å²) < 4.78 is 75.2. The Morgan fingerprint density at radius 3 is 1.61 bits per heavy atom. The molecule has 1 aliphatic heterocycles. The lowest BCUT2D eigenvalue weighted by molar-refractivity contribution is -0.143. The van der Waals surface area contributed by atoms with Gasteiger partial charge in [0, 0.05) is 5.25 Å². The summed E-state index contributed by atoms with van der Waals surface area (Å²) in [4.78, 5) is 0. The largest absolute Gasteiger partial charge is 0.416 e. The van der Waals surface area contributed by atoms with Gasteiger partial charge in [-0.25, -0.2) is 0 Å². The fourth-order valence-electron chi connectivity index (χ4n) is 1.57. The molecule has 7 heteroatoms. The molecule has 1 aliphatic rings. The number of benzene rings is 1. The molecule has 1 saturated heterocycles. The molecule has 1 radical (unpaired) electrons. The van der Waals surface area contributed by atoms with Crippen molar-refractivity contribution in [2.75, 3.05) is 5.75 Å². The molecule has 1 atom stereocenters. The molecule has 0 aliphatic carbocycles. The maximum Gasteiger partial charge on any atom is 0.416 e. The third-order valence-electron chi connectivity index (χ3n) is 2.52. The van der Waals surface area contributed by atoms with E-state index in [1.54, 1.807) is 6.42 Å². The van der Waals surface area contributed by atoms with Crippen LogP contribution in [0.1, 0.15) is 21.9 Å². The lowest BCUT2D eigenvalue weighted by atomic mass is 10.0. The van der Waals surface area contributed by atoms with Gasteiger partial charge in [-0.05, 0) is 35.9 Å². The Hall–Kier alpha value is -0.850. The number of hydrogen-bond acceptors (Lipinski definition) is 1. The molecular formula is C11H7F6S. The molecule has 1 aromatic carbocycles. The van der Waals surface area contributed by atoms with Crippen molar-refractivity contribution in [3.05, 3.63) is 41.3 Å². The number of hydrogen-bond donors (Lipinski definition) is 0. The summed E-state index contributed by atoms with van der Waals surface area (Å²) in [5.74, 6) is 0.641. The van der Waals surface area contributed by atoms with E-state index in [2.05, 4.69) is 0 Å². The second kappa shape index (κ2) is 4.36. The maximum atomic E-state index is 12.5. The molecule has 0 bridgehead atoms. The minimum Gasteiger partial charge on any atom is -0.166 e. The standard InChI is InChI=1S/C11H7F6S/c12-10(13,14)7-3-6(9-1-2-18-9)4-8(5-7)11(15,16)17/h1,3-5,9H,2H2. The van der Waals surface area contributed by atoms with Crippen LogP contribution in [0.25, 0.3) is 0 Å². The Kier molecular flexibility index (Phi) is 3.29. The monoisotopic (exact) mass is 285 g/mol. The minimum atomic E-state index is -4.77. The van der Waals surface area contributed by atoms with E-state index in [-0.39, 0.29) is 16.9 Å². The molecule has 1 aromatic rings. The molecule has 0 saturated carbocycles. The molecule has 1 fully saturated rings. The molecule has 1 unspecified atom stereocenters. The van der Waals surface area contributed by atoms with Crippen molar-refractivity contribution in [3.8, 4) is 0 Å². The van der Waals surface area contributed by atoms with E-state index in [9.17, 15) is 26.3 Å². The van der Waals surface area contributed by atoms with Gasteiger partial charge in [-0.2, -0.15) is 38.1 Å². The van der Waals surface area contributed by atoms with Gasteiger partial charge >= 0.3 is 12.4 Å². The quantitative estimate of drug-likeness (QED) is 0.673. The Morgan fingerprint density at radius 2 is 1.33 bits per heavy atom. The van der Waals surface area contributed by atoms with Gasteiger partial charge in [-0.15, -0.1) is 0 Å². The number of rotatable bonds is 1. The smallest absolute Gasteiger partial charge is 0.166 e. The predicted octanol–water partition coefficient (Wildman–Crippen LogP) is 4.72. The number of alkyl halides is 6. The van der Waals surface area contributed by atoms with Crippen LogP contribution in [0.5, 0.6) is 0 Å². The van der Waals surface area contributed by atoms with Gasteiger partial charge < -0.3 is 0 Å². The van der Waals surface area contributed by atoms with Crippen LogP contribution in [-0.4, -0.2) is 5.75 Å². The second-order valence-electron chi connectivity index (χ2n) is 3.83. The zero-order valence-corrected chi connectivity index (χ0v) is 9.59. The predicted molar refractivity (Wildman–Crippen MR) is 55.9 cm³/mol. The summed E-state index contributed by atoms with van der Waals surface area (Å²) in [5, 5.41) is -0.381. The van der Waals surface area contributed by atoms with Gasteiger partial charge in [-0.3, -0.25) is 0 Å². The molecule has 0 nitrogen and oxygen atoms in total. The summed E-state index contributed by atoms with van der Waals surface area (Å²) in [7, 11) is 0. The van der Waals surface area contributed by atoms with Crippen LogP contribution < -0.4 is 0 Å². The summed E-state index contributed by atoms with van der Waals surface area (Å²) in [5.41, 5.74) is -2.46. The first-order chi connectivity index (χ1) is 8.18. The van der Waals surface area contributed by atoms with Gasteiger partial charge in [0.15, 0.2) is 0 Å². The highest BCUT2D eigenvalue weighted by molar-refractivity contribution is 8.01. The first kappa shape index (κ1) is 13.6. The molecule has 0 spiro atoms. The topological polar surface area (TPSA) is 0 Å². The van der Waals surface area contributed by atoms with Gasteiger partial charge in [0.2, 0.25) is 0 Å². The molecule has 1 heterocycles. The van der Waals surface area contributed by atoms with Crippen molar-refractivity contribution in [3.63, 3.8) is 0 Å². The zero-order valence-electron chi connectivity index (χ0n) is 8.77. The first-order valence-electron chi connectivity index (χ1n) is 4.92. The van der Waals surface area contributed by atoms with E-state index in [1.807, 2.05) is 0 Å². The first-order valence-corrected chi connectivity index (χ1v) is 5.97. The van der Waals surface area contributed by atoms with Crippen molar-refractivity contribution < 1.29 is 26.3 Å². The summed E-state index contributed by atoms with van der Waals surface area (Å²) in [6, 6.07) is 1.71. The van der Waals surface area contributed by atoms with E-state index in [0.29, 0.717) is 5.75 Å². The third kappa shape index (κ3) is 2.76. The van der Waals surface area contributed by atoms with E-state index < -0.39 is 23.5 Å². The van der Waals surface area contributed by atoms with Crippen LogP contribution in [0.2, 0.25) is 0 Å². The van der Waals surface area contributed by atoms with Crippen molar-refractivity contribution in [2.45, 2.75) is 17.6 Å². The Labute approximate surface area is 103 Å². The van der Waals surface area contributed by atoms with E-state index in [0.717, 1.165) is 12.1 Å². The van der Waals surface area contributed by atoms with Crippen molar-refractivity contribution in [1.29, 1.82) is 0 Å². The second-order valence-corrected chi connectivity index (χ2v) is 5.00. The Balaban J connectivity index is 2.48. The molecule has 18 heavy (non-hydrogen) atoms. The number of halogens is 6. The lowest BCUT2D eigenvalue weighted by Gasteiger charge is -2.26. The van der Waals surface area contributed by atoms with Gasteiger partial charge in [0.1, 0.15) is 0 Å². The molecule has 0 N–H and O–H groups in total. The van der Waals surface area contributed by atoms with Crippen LogP contribution in [0.15, 0.2) is 18.2 Å². The third-order valence-corrected chi connectivity index (χ3v) is 3.73. The highest BCUT2D eigenvalue weighted by Crippen LogP contribution is 2.45. The SMILES string of the molecule is FC(F)(F)c1cc(C2[CH]CS2)cc(C(F)(F)F)c1. The van der Waals surface area contributed by atoms with Crippen LogP contribution in [-0.2, 0) is 12.4 Å². The van der Waals surface area contributed by atoms with Crippen molar-refractivity contribution >= 4 is 11.8 Å². The minimum absolute atomic E-state index is 0.0494.